The maximum Gasteiger partial charge on any atom is 0.294 e. The smallest absolute Gasteiger partial charge is 0.294 e. The summed E-state index contributed by atoms with van der Waals surface area (Å²) in [4.78, 5) is 43.1. The molecule has 1 aromatic heterocycles. The van der Waals surface area contributed by atoms with Crippen molar-refractivity contribution < 1.29 is 32.3 Å². The predicted octanol–water partition coefficient (Wildman–Crippen LogP) is 6.53. The molecule has 1 amide bonds. The first-order chi connectivity index (χ1) is 24.1. The van der Waals surface area contributed by atoms with Gasteiger partial charge < -0.3 is 19.5 Å². The van der Waals surface area contributed by atoms with Gasteiger partial charge in [-0.2, -0.15) is 0 Å². The summed E-state index contributed by atoms with van der Waals surface area (Å²) in [6.45, 7) is 1.07. The third kappa shape index (κ3) is 7.52. The molecular formula is C39H31F4N3O4. The molecule has 0 saturated carbocycles. The van der Waals surface area contributed by atoms with Crippen LogP contribution in [0.4, 0.5) is 23.2 Å². The zero-order chi connectivity index (χ0) is 35.4. The first-order valence-electron chi connectivity index (χ1n) is 15.8. The molecule has 0 bridgehead atoms. The molecule has 1 aliphatic rings. The Morgan fingerprint density at radius 2 is 1.40 bits per heavy atom. The first kappa shape index (κ1) is 33.9. The second-order valence-corrected chi connectivity index (χ2v) is 11.9. The summed E-state index contributed by atoms with van der Waals surface area (Å²) in [5, 5.41) is 11.0. The summed E-state index contributed by atoms with van der Waals surface area (Å²) in [7, 11) is 0. The molecule has 11 heteroatoms. The maximum absolute atomic E-state index is 14.5. The van der Waals surface area contributed by atoms with Gasteiger partial charge in [0.25, 0.3) is 11.5 Å². The number of anilines is 1. The Kier molecular flexibility index (Phi) is 9.94. The molecule has 0 aliphatic carbocycles. The monoisotopic (exact) mass is 681 g/mol. The summed E-state index contributed by atoms with van der Waals surface area (Å²) in [6.07, 6.45) is 1.47. The van der Waals surface area contributed by atoms with Crippen LogP contribution in [0.3, 0.4) is 0 Å². The van der Waals surface area contributed by atoms with Crippen LogP contribution in [0.2, 0.25) is 0 Å². The zero-order valence-corrected chi connectivity index (χ0v) is 26.7. The van der Waals surface area contributed by atoms with E-state index in [4.69, 9.17) is 0 Å². The highest BCUT2D eigenvalue weighted by molar-refractivity contribution is 6.41. The fourth-order valence-electron chi connectivity index (χ4n) is 5.95. The van der Waals surface area contributed by atoms with Crippen molar-refractivity contribution in [2.24, 2.45) is 0 Å². The lowest BCUT2D eigenvalue weighted by Gasteiger charge is -2.35. The van der Waals surface area contributed by atoms with Crippen LogP contribution in [0.15, 0.2) is 114 Å². The van der Waals surface area contributed by atoms with Crippen molar-refractivity contribution in [2.45, 2.75) is 13.0 Å². The van der Waals surface area contributed by atoms with Crippen LogP contribution in [0.25, 0.3) is 16.9 Å². The van der Waals surface area contributed by atoms with Gasteiger partial charge in [-0.3, -0.25) is 14.4 Å². The second-order valence-electron chi connectivity index (χ2n) is 11.9. The number of hydrogen-bond donors (Lipinski definition) is 1. The van der Waals surface area contributed by atoms with E-state index in [1.165, 1.54) is 29.3 Å². The number of pyridine rings is 1. The minimum atomic E-state index is -1.41. The van der Waals surface area contributed by atoms with E-state index in [1.807, 2.05) is 54.6 Å². The largest absolute Gasteiger partial charge is 0.507 e. The van der Waals surface area contributed by atoms with Gasteiger partial charge in [-0.25, -0.2) is 17.6 Å². The number of piperazine rings is 1. The Morgan fingerprint density at radius 3 is 2.10 bits per heavy atom. The molecule has 1 N–H and O–H groups in total. The average Bonchev–Trinajstić information content (AvgIpc) is 3.12. The Bertz CT molecular complexity index is 2140. The minimum Gasteiger partial charge on any atom is -0.507 e. The molecule has 2 heterocycles. The van der Waals surface area contributed by atoms with Crippen molar-refractivity contribution in [2.75, 3.05) is 31.1 Å². The van der Waals surface area contributed by atoms with Gasteiger partial charge in [-0.15, -0.1) is 0 Å². The number of aromatic nitrogens is 1. The van der Waals surface area contributed by atoms with Crippen molar-refractivity contribution in [3.8, 4) is 11.1 Å². The van der Waals surface area contributed by atoms with Crippen molar-refractivity contribution in [3.05, 3.63) is 165 Å². The molecule has 0 spiro atoms. The number of nitrogens with zero attached hydrogens (tertiary/aromatic N) is 3. The number of halogens is 4. The fourth-order valence-corrected chi connectivity index (χ4v) is 5.95. The number of carbonyl (C=O) groups excluding carboxylic acids is 2. The number of aliphatic hydroxyl groups excluding tert-OH is 1. The molecule has 0 radical (unpaired) electrons. The Hall–Kier alpha value is -5.97. The highest BCUT2D eigenvalue weighted by Gasteiger charge is 2.26. The van der Waals surface area contributed by atoms with Gasteiger partial charge in [-0.05, 0) is 52.6 Å². The molecule has 6 rings (SSSR count). The topological polar surface area (TPSA) is 82.8 Å². The number of amides is 1. The molecular weight excluding hydrogens is 650 g/mol. The lowest BCUT2D eigenvalue weighted by atomic mass is 10.0. The number of rotatable bonds is 9. The highest BCUT2D eigenvalue weighted by atomic mass is 19.2. The average molecular weight is 682 g/mol. The van der Waals surface area contributed by atoms with Crippen LogP contribution in [0, 0.1) is 23.3 Å². The summed E-state index contributed by atoms with van der Waals surface area (Å²) >= 11 is 0. The lowest BCUT2D eigenvalue weighted by molar-refractivity contribution is -0.142. The van der Waals surface area contributed by atoms with Crippen LogP contribution < -0.4 is 10.5 Å². The molecule has 0 atom stereocenters. The van der Waals surface area contributed by atoms with Gasteiger partial charge >= 0.3 is 0 Å². The van der Waals surface area contributed by atoms with Crippen LogP contribution in [0.5, 0.6) is 0 Å². The van der Waals surface area contributed by atoms with E-state index >= 15 is 0 Å². The molecule has 50 heavy (non-hydrogen) atoms. The summed E-state index contributed by atoms with van der Waals surface area (Å²) in [6, 6.07) is 25.9. The minimum absolute atomic E-state index is 0.113. The van der Waals surface area contributed by atoms with Gasteiger partial charge in [0.1, 0.15) is 17.4 Å². The van der Waals surface area contributed by atoms with E-state index < -0.39 is 58.3 Å². The summed E-state index contributed by atoms with van der Waals surface area (Å²) in [5.74, 6) is -7.15. The van der Waals surface area contributed by atoms with Crippen LogP contribution in [-0.4, -0.2) is 52.4 Å². The predicted molar refractivity (Wildman–Crippen MR) is 182 cm³/mol. The third-order valence-corrected chi connectivity index (χ3v) is 8.57. The number of ketones is 1. The quantitative estimate of drug-likeness (QED) is 0.0630. The SMILES string of the molecule is O=C(C=C(O)c1cc(Cc2cc(F)cc(F)c2F)cn(Cc2ccccc2F)c1=O)C(=O)N1CCN(c2ccc(-c3ccccc3)cc2)CC1. The van der Waals surface area contributed by atoms with E-state index in [2.05, 4.69) is 4.90 Å². The molecule has 5 aromatic rings. The van der Waals surface area contributed by atoms with Crippen molar-refractivity contribution in [3.63, 3.8) is 0 Å². The second kappa shape index (κ2) is 14.7. The van der Waals surface area contributed by atoms with Crippen molar-refractivity contribution in [1.29, 1.82) is 0 Å². The van der Waals surface area contributed by atoms with E-state index in [9.17, 15) is 37.1 Å². The highest BCUT2D eigenvalue weighted by Crippen LogP contribution is 2.24. The molecule has 7 nitrogen and oxygen atoms in total. The molecule has 1 fully saturated rings. The first-order valence-corrected chi connectivity index (χ1v) is 15.8. The number of hydrogen-bond acceptors (Lipinski definition) is 5. The van der Waals surface area contributed by atoms with Gasteiger partial charge in [0.05, 0.1) is 12.1 Å². The molecule has 0 unspecified atom stereocenters. The normalized spacial score (nSPS) is 13.4. The number of carbonyl (C=O) groups is 2. The molecule has 1 aliphatic heterocycles. The molecule has 254 valence electrons. The lowest BCUT2D eigenvalue weighted by Crippen LogP contribution is -2.50. The van der Waals surface area contributed by atoms with Gasteiger partial charge in [-0.1, -0.05) is 60.7 Å². The fraction of sp³-hybridized carbons (Fsp3) is 0.154. The van der Waals surface area contributed by atoms with E-state index in [0.29, 0.717) is 25.2 Å². The third-order valence-electron chi connectivity index (χ3n) is 8.57. The zero-order valence-electron chi connectivity index (χ0n) is 26.7. The Labute approximate surface area is 285 Å². The Balaban J connectivity index is 1.20. The van der Waals surface area contributed by atoms with E-state index in [0.717, 1.165) is 33.5 Å². The van der Waals surface area contributed by atoms with Crippen LogP contribution in [0.1, 0.15) is 22.3 Å². The van der Waals surface area contributed by atoms with Crippen molar-refractivity contribution in [1.82, 2.24) is 9.47 Å². The van der Waals surface area contributed by atoms with Crippen LogP contribution in [-0.2, 0) is 22.6 Å². The van der Waals surface area contributed by atoms with Gasteiger partial charge in [0.2, 0.25) is 5.78 Å². The standard InChI is InChI=1S/C39H31F4N3O4/c40-30-20-29(37(43)34(42)21-30)18-25-19-32(38(49)46(23-25)24-28-8-4-5-9-33(28)41)35(47)22-36(48)39(50)45-16-14-44(15-17-45)31-12-10-27(11-13-31)26-6-2-1-3-7-26/h1-13,19-23,47H,14-18,24H2. The molecule has 1 saturated heterocycles. The van der Waals surface area contributed by atoms with Crippen molar-refractivity contribution >= 4 is 23.1 Å². The summed E-state index contributed by atoms with van der Waals surface area (Å²) < 4.78 is 57.9. The maximum atomic E-state index is 14.5. The van der Waals surface area contributed by atoms with Gasteiger partial charge in [0, 0.05) is 62.2 Å². The summed E-state index contributed by atoms with van der Waals surface area (Å²) in [5.41, 5.74) is 1.70. The van der Waals surface area contributed by atoms with Gasteiger partial charge in [0.15, 0.2) is 11.6 Å². The Morgan fingerprint density at radius 1 is 0.740 bits per heavy atom. The molecule has 4 aromatic carbocycles. The van der Waals surface area contributed by atoms with E-state index in [-0.39, 0.29) is 36.3 Å². The van der Waals surface area contributed by atoms with Crippen LogP contribution >= 0.6 is 0 Å². The number of aliphatic hydroxyl groups is 1. The van der Waals surface area contributed by atoms with E-state index in [1.54, 1.807) is 6.07 Å². The number of benzene rings is 4.